The molecule has 6 nitrogen and oxygen atoms in total. The third kappa shape index (κ3) is 4.55. The molecule has 2 aromatic rings. The first-order chi connectivity index (χ1) is 11.3. The van der Waals surface area contributed by atoms with E-state index in [4.69, 9.17) is 4.74 Å². The summed E-state index contributed by atoms with van der Waals surface area (Å²) in [5.41, 5.74) is 0.947. The third-order valence-electron chi connectivity index (χ3n) is 3.05. The Morgan fingerprint density at radius 2 is 1.83 bits per heavy atom. The van der Waals surface area contributed by atoms with Crippen molar-refractivity contribution in [1.82, 2.24) is 4.98 Å². The standard InChI is InChI=1S/C17H21N3O3S/c1-5-23-14(21)12-13(17(2,3)4)19-16(24-12)20-15(22)18-11-9-7-6-8-10-11/h6-10H,5H2,1-4H3,(H2,18,19,20,22). The molecule has 0 spiro atoms. The summed E-state index contributed by atoms with van der Waals surface area (Å²) < 4.78 is 5.08. The van der Waals surface area contributed by atoms with Crippen molar-refractivity contribution in [3.05, 3.63) is 40.9 Å². The van der Waals surface area contributed by atoms with Crippen LogP contribution in [0.2, 0.25) is 0 Å². The fraction of sp³-hybridized carbons (Fsp3) is 0.353. The molecule has 0 saturated heterocycles. The van der Waals surface area contributed by atoms with Gasteiger partial charge in [0, 0.05) is 11.1 Å². The number of nitrogens with zero attached hydrogens (tertiary/aromatic N) is 1. The molecule has 0 aliphatic heterocycles. The van der Waals surface area contributed by atoms with Gasteiger partial charge >= 0.3 is 12.0 Å². The van der Waals surface area contributed by atoms with Crippen LogP contribution in [0.3, 0.4) is 0 Å². The molecule has 128 valence electrons. The molecule has 2 N–H and O–H groups in total. The van der Waals surface area contributed by atoms with Gasteiger partial charge in [-0.05, 0) is 19.1 Å². The molecule has 2 rings (SSSR count). The minimum absolute atomic E-state index is 0.289. The van der Waals surface area contributed by atoms with Crippen LogP contribution >= 0.6 is 11.3 Å². The maximum atomic E-state index is 12.1. The van der Waals surface area contributed by atoms with Crippen molar-refractivity contribution in [2.45, 2.75) is 33.1 Å². The van der Waals surface area contributed by atoms with Gasteiger partial charge in [0.05, 0.1) is 12.3 Å². The number of hydrogen-bond acceptors (Lipinski definition) is 5. The first-order valence-electron chi connectivity index (χ1n) is 7.62. The van der Waals surface area contributed by atoms with Crippen LogP contribution in [-0.4, -0.2) is 23.6 Å². The molecule has 2 amide bonds. The minimum Gasteiger partial charge on any atom is -0.462 e. The summed E-state index contributed by atoms with van der Waals surface area (Å²) >= 11 is 1.12. The maximum absolute atomic E-state index is 12.1. The molecular formula is C17H21N3O3S. The van der Waals surface area contributed by atoms with E-state index < -0.39 is 12.0 Å². The van der Waals surface area contributed by atoms with E-state index >= 15 is 0 Å². The number of carbonyl (C=O) groups excluding carboxylic acids is 2. The molecule has 1 aromatic carbocycles. The van der Waals surface area contributed by atoms with Crippen molar-refractivity contribution in [3.63, 3.8) is 0 Å². The topological polar surface area (TPSA) is 80.3 Å². The van der Waals surface area contributed by atoms with Crippen LogP contribution in [0.5, 0.6) is 0 Å². The Hall–Kier alpha value is -2.41. The summed E-state index contributed by atoms with van der Waals surface area (Å²) in [5, 5.41) is 5.74. The minimum atomic E-state index is -0.420. The van der Waals surface area contributed by atoms with Gasteiger partial charge in [-0.25, -0.2) is 14.6 Å². The number of rotatable bonds is 4. The molecular weight excluding hydrogens is 326 g/mol. The fourth-order valence-corrected chi connectivity index (χ4v) is 3.06. The molecule has 0 unspecified atom stereocenters. The largest absolute Gasteiger partial charge is 0.462 e. The number of amides is 2. The van der Waals surface area contributed by atoms with E-state index in [1.165, 1.54) is 0 Å². The summed E-state index contributed by atoms with van der Waals surface area (Å²) in [5.74, 6) is -0.420. The third-order valence-corrected chi connectivity index (χ3v) is 4.00. The lowest BCUT2D eigenvalue weighted by Crippen LogP contribution is -2.20. The highest BCUT2D eigenvalue weighted by molar-refractivity contribution is 7.17. The highest BCUT2D eigenvalue weighted by atomic mass is 32.1. The quantitative estimate of drug-likeness (QED) is 0.810. The predicted molar refractivity (Wildman–Crippen MR) is 95.9 cm³/mol. The molecule has 1 aromatic heterocycles. The summed E-state index contributed by atoms with van der Waals surface area (Å²) in [6.45, 7) is 7.91. The first-order valence-corrected chi connectivity index (χ1v) is 8.44. The lowest BCUT2D eigenvalue weighted by atomic mass is 9.91. The number of para-hydroxylation sites is 1. The van der Waals surface area contributed by atoms with Gasteiger partial charge in [0.15, 0.2) is 5.13 Å². The van der Waals surface area contributed by atoms with Gasteiger partial charge < -0.3 is 10.1 Å². The number of nitrogens with one attached hydrogen (secondary N) is 2. The number of benzene rings is 1. The van der Waals surface area contributed by atoms with Crippen LogP contribution in [-0.2, 0) is 10.2 Å². The summed E-state index contributed by atoms with van der Waals surface area (Å²) in [6, 6.07) is 8.68. The molecule has 0 saturated carbocycles. The van der Waals surface area contributed by atoms with Crippen molar-refractivity contribution in [1.29, 1.82) is 0 Å². The molecule has 0 bridgehead atoms. The van der Waals surface area contributed by atoms with Crippen LogP contribution < -0.4 is 10.6 Å². The number of esters is 1. The molecule has 24 heavy (non-hydrogen) atoms. The van der Waals surface area contributed by atoms with Crippen molar-refractivity contribution < 1.29 is 14.3 Å². The second-order valence-corrected chi connectivity index (χ2v) is 7.11. The monoisotopic (exact) mass is 347 g/mol. The summed E-state index contributed by atoms with van der Waals surface area (Å²) in [4.78, 5) is 29.0. The number of ether oxygens (including phenoxy) is 1. The van der Waals surface area contributed by atoms with E-state index in [1.807, 2.05) is 39.0 Å². The number of thiazole rings is 1. The SMILES string of the molecule is CCOC(=O)c1sc(NC(=O)Nc2ccccc2)nc1C(C)(C)C. The van der Waals surface area contributed by atoms with Gasteiger partial charge in [0.2, 0.25) is 0 Å². The Bertz CT molecular complexity index is 720. The summed E-state index contributed by atoms with van der Waals surface area (Å²) in [6.07, 6.45) is 0. The molecule has 1 heterocycles. The van der Waals surface area contributed by atoms with Crippen LogP contribution in [0.15, 0.2) is 30.3 Å². The molecule has 0 aliphatic carbocycles. The normalized spacial score (nSPS) is 11.0. The van der Waals surface area contributed by atoms with E-state index in [9.17, 15) is 9.59 Å². The first kappa shape index (κ1) is 17.9. The highest BCUT2D eigenvalue weighted by Crippen LogP contribution is 2.32. The Morgan fingerprint density at radius 3 is 2.42 bits per heavy atom. The number of urea groups is 1. The number of hydrogen-bond donors (Lipinski definition) is 2. The molecule has 0 fully saturated rings. The van der Waals surface area contributed by atoms with Gasteiger partial charge in [-0.2, -0.15) is 0 Å². The second kappa shape index (κ2) is 7.44. The van der Waals surface area contributed by atoms with Crippen LogP contribution in [0.25, 0.3) is 0 Å². The fourth-order valence-electron chi connectivity index (χ4n) is 2.00. The van der Waals surface area contributed by atoms with E-state index in [2.05, 4.69) is 15.6 Å². The molecule has 0 atom stereocenters. The Kier molecular flexibility index (Phi) is 5.56. The van der Waals surface area contributed by atoms with Gasteiger partial charge in [-0.15, -0.1) is 0 Å². The zero-order valence-corrected chi connectivity index (χ0v) is 15.0. The zero-order valence-electron chi connectivity index (χ0n) is 14.2. The predicted octanol–water partition coefficient (Wildman–Crippen LogP) is 4.26. The van der Waals surface area contributed by atoms with Crippen LogP contribution in [0.4, 0.5) is 15.6 Å². The Morgan fingerprint density at radius 1 is 1.17 bits per heavy atom. The van der Waals surface area contributed by atoms with E-state index in [0.717, 1.165) is 11.3 Å². The van der Waals surface area contributed by atoms with Gasteiger partial charge in [-0.3, -0.25) is 5.32 Å². The van der Waals surface area contributed by atoms with Crippen molar-refractivity contribution in [3.8, 4) is 0 Å². The number of carbonyl (C=O) groups is 2. The second-order valence-electron chi connectivity index (χ2n) is 6.11. The number of anilines is 2. The van der Waals surface area contributed by atoms with Crippen LogP contribution in [0, 0.1) is 0 Å². The van der Waals surface area contributed by atoms with Crippen LogP contribution in [0.1, 0.15) is 43.1 Å². The molecule has 7 heteroatoms. The molecule has 0 radical (unpaired) electrons. The zero-order chi connectivity index (χ0) is 17.7. The smallest absolute Gasteiger partial charge is 0.350 e. The maximum Gasteiger partial charge on any atom is 0.350 e. The Balaban J connectivity index is 2.18. The highest BCUT2D eigenvalue weighted by Gasteiger charge is 2.28. The lowest BCUT2D eigenvalue weighted by molar-refractivity contribution is 0.0529. The van der Waals surface area contributed by atoms with E-state index in [0.29, 0.717) is 21.4 Å². The van der Waals surface area contributed by atoms with E-state index in [1.54, 1.807) is 19.1 Å². The van der Waals surface area contributed by atoms with Gasteiger partial charge in [0.1, 0.15) is 4.88 Å². The van der Waals surface area contributed by atoms with Crippen molar-refractivity contribution in [2.24, 2.45) is 0 Å². The average Bonchev–Trinajstić information content (AvgIpc) is 2.92. The van der Waals surface area contributed by atoms with Crippen molar-refractivity contribution in [2.75, 3.05) is 17.2 Å². The van der Waals surface area contributed by atoms with Crippen molar-refractivity contribution >= 4 is 34.2 Å². The average molecular weight is 347 g/mol. The van der Waals surface area contributed by atoms with E-state index in [-0.39, 0.29) is 12.0 Å². The Labute approximate surface area is 145 Å². The molecule has 0 aliphatic rings. The number of aromatic nitrogens is 1. The van der Waals surface area contributed by atoms with Gasteiger partial charge in [-0.1, -0.05) is 50.3 Å². The summed E-state index contributed by atoms with van der Waals surface area (Å²) in [7, 11) is 0. The van der Waals surface area contributed by atoms with Gasteiger partial charge in [0.25, 0.3) is 0 Å². The lowest BCUT2D eigenvalue weighted by Gasteiger charge is -2.16.